The first-order valence-electron chi connectivity index (χ1n) is 8.52. The molecule has 0 aliphatic carbocycles. The van der Waals surface area contributed by atoms with Crippen molar-refractivity contribution in [3.63, 3.8) is 0 Å². The van der Waals surface area contributed by atoms with Crippen LogP contribution < -0.4 is 14.2 Å². The lowest BCUT2D eigenvalue weighted by Gasteiger charge is -2.26. The van der Waals surface area contributed by atoms with Crippen LogP contribution in [0.15, 0.2) is 42.5 Å². The third-order valence-electron chi connectivity index (χ3n) is 4.53. The summed E-state index contributed by atoms with van der Waals surface area (Å²) >= 11 is 5.95. The topological polar surface area (TPSA) is 48.0 Å². The Balaban J connectivity index is 1.74. The summed E-state index contributed by atoms with van der Waals surface area (Å²) in [5.74, 6) is 2.03. The second-order valence-corrected chi connectivity index (χ2v) is 6.54. The van der Waals surface area contributed by atoms with Crippen molar-refractivity contribution >= 4 is 17.5 Å². The van der Waals surface area contributed by atoms with Crippen LogP contribution in [-0.2, 0) is 4.79 Å². The minimum atomic E-state index is -0.0580. The number of carbonyl (C=O) groups is 1. The molecule has 3 rings (SSSR count). The number of likely N-dealkylation sites (tertiary alicyclic amines) is 1. The van der Waals surface area contributed by atoms with E-state index >= 15 is 0 Å². The van der Waals surface area contributed by atoms with Crippen LogP contribution in [0.1, 0.15) is 24.4 Å². The zero-order valence-corrected chi connectivity index (χ0v) is 15.7. The van der Waals surface area contributed by atoms with Crippen LogP contribution in [0, 0.1) is 0 Å². The lowest BCUT2D eigenvalue weighted by molar-refractivity contribution is -0.134. The molecule has 0 spiro atoms. The molecule has 0 radical (unpaired) electrons. The van der Waals surface area contributed by atoms with Gasteiger partial charge in [0.05, 0.1) is 20.3 Å². The number of ether oxygens (including phenoxy) is 3. The number of rotatable bonds is 6. The Hall–Kier alpha value is -2.40. The van der Waals surface area contributed by atoms with Gasteiger partial charge in [-0.1, -0.05) is 17.7 Å². The summed E-state index contributed by atoms with van der Waals surface area (Å²) in [6.07, 6.45) is 1.82. The SMILES string of the molecule is COc1ccc(OC)c(C2CCCN2C(=O)COc2cccc(Cl)c2)c1. The average Bonchev–Trinajstić information content (AvgIpc) is 3.15. The van der Waals surface area contributed by atoms with E-state index in [2.05, 4.69) is 0 Å². The van der Waals surface area contributed by atoms with Gasteiger partial charge in [0.25, 0.3) is 5.91 Å². The smallest absolute Gasteiger partial charge is 0.261 e. The molecule has 5 nitrogen and oxygen atoms in total. The predicted molar refractivity (Wildman–Crippen MR) is 100 cm³/mol. The molecule has 1 aliphatic rings. The molecule has 2 aromatic carbocycles. The quantitative estimate of drug-likeness (QED) is 0.762. The van der Waals surface area contributed by atoms with Gasteiger partial charge in [0, 0.05) is 17.1 Å². The monoisotopic (exact) mass is 375 g/mol. The van der Waals surface area contributed by atoms with Gasteiger partial charge in [0.15, 0.2) is 6.61 Å². The van der Waals surface area contributed by atoms with Gasteiger partial charge in [-0.2, -0.15) is 0 Å². The zero-order valence-electron chi connectivity index (χ0n) is 14.9. The fourth-order valence-electron chi connectivity index (χ4n) is 3.27. The number of halogens is 1. The second-order valence-electron chi connectivity index (χ2n) is 6.10. The van der Waals surface area contributed by atoms with Gasteiger partial charge >= 0.3 is 0 Å². The van der Waals surface area contributed by atoms with Crippen molar-refractivity contribution < 1.29 is 19.0 Å². The highest BCUT2D eigenvalue weighted by atomic mass is 35.5. The van der Waals surface area contributed by atoms with E-state index in [1.54, 1.807) is 38.5 Å². The van der Waals surface area contributed by atoms with Crippen molar-refractivity contribution in [1.82, 2.24) is 4.90 Å². The summed E-state index contributed by atoms with van der Waals surface area (Å²) in [5, 5.41) is 0.579. The maximum Gasteiger partial charge on any atom is 0.261 e. The van der Waals surface area contributed by atoms with Gasteiger partial charge in [0.2, 0.25) is 0 Å². The molecule has 138 valence electrons. The molecule has 1 atom stereocenters. The summed E-state index contributed by atoms with van der Waals surface area (Å²) in [6, 6.07) is 12.7. The van der Waals surface area contributed by atoms with Crippen molar-refractivity contribution in [3.8, 4) is 17.2 Å². The molecule has 26 heavy (non-hydrogen) atoms. The Bertz CT molecular complexity index is 780. The van der Waals surface area contributed by atoms with E-state index in [-0.39, 0.29) is 18.6 Å². The second kappa shape index (κ2) is 8.32. The lowest BCUT2D eigenvalue weighted by atomic mass is 10.0. The van der Waals surface area contributed by atoms with Crippen LogP contribution in [0.4, 0.5) is 0 Å². The van der Waals surface area contributed by atoms with Gasteiger partial charge in [-0.05, 0) is 49.2 Å². The van der Waals surface area contributed by atoms with Crippen molar-refractivity contribution in [2.24, 2.45) is 0 Å². The van der Waals surface area contributed by atoms with E-state index in [1.807, 2.05) is 23.1 Å². The molecule has 0 N–H and O–H groups in total. The third kappa shape index (κ3) is 4.05. The van der Waals surface area contributed by atoms with Gasteiger partial charge in [0.1, 0.15) is 17.2 Å². The number of amides is 1. The Labute approximate surface area is 158 Å². The molecule has 1 amide bonds. The van der Waals surface area contributed by atoms with Gasteiger partial charge < -0.3 is 19.1 Å². The van der Waals surface area contributed by atoms with Crippen LogP contribution in [0.5, 0.6) is 17.2 Å². The lowest BCUT2D eigenvalue weighted by Crippen LogP contribution is -2.34. The number of nitrogens with zero attached hydrogens (tertiary/aromatic N) is 1. The summed E-state index contributed by atoms with van der Waals surface area (Å²) in [4.78, 5) is 14.6. The first-order valence-corrected chi connectivity index (χ1v) is 8.90. The average molecular weight is 376 g/mol. The molecule has 2 aromatic rings. The fourth-order valence-corrected chi connectivity index (χ4v) is 3.45. The van der Waals surface area contributed by atoms with E-state index in [0.717, 1.165) is 29.9 Å². The van der Waals surface area contributed by atoms with Crippen LogP contribution >= 0.6 is 11.6 Å². The van der Waals surface area contributed by atoms with Crippen LogP contribution in [0.3, 0.4) is 0 Å². The third-order valence-corrected chi connectivity index (χ3v) is 4.76. The number of benzene rings is 2. The van der Waals surface area contributed by atoms with E-state index < -0.39 is 0 Å². The number of hydrogen-bond acceptors (Lipinski definition) is 4. The molecule has 1 saturated heterocycles. The number of methoxy groups -OCH3 is 2. The molecule has 6 heteroatoms. The maximum absolute atomic E-state index is 12.7. The van der Waals surface area contributed by atoms with E-state index in [9.17, 15) is 4.79 Å². The Morgan fingerprint density at radius 2 is 2.00 bits per heavy atom. The summed E-state index contributed by atoms with van der Waals surface area (Å²) in [5.41, 5.74) is 0.959. The summed E-state index contributed by atoms with van der Waals surface area (Å²) in [7, 11) is 3.26. The van der Waals surface area contributed by atoms with E-state index in [4.69, 9.17) is 25.8 Å². The first-order chi connectivity index (χ1) is 12.6. The molecule has 1 aliphatic heterocycles. The minimum Gasteiger partial charge on any atom is -0.497 e. The molecule has 0 saturated carbocycles. The highest BCUT2D eigenvalue weighted by molar-refractivity contribution is 6.30. The standard InChI is InChI=1S/C20H22ClNO4/c1-24-15-8-9-19(25-2)17(12-15)18-7-4-10-22(18)20(23)13-26-16-6-3-5-14(21)11-16/h3,5-6,8-9,11-12,18H,4,7,10,13H2,1-2H3. The van der Waals surface area contributed by atoms with Crippen LogP contribution in [0.25, 0.3) is 0 Å². The van der Waals surface area contributed by atoms with E-state index in [1.165, 1.54) is 0 Å². The molecule has 1 unspecified atom stereocenters. The number of carbonyl (C=O) groups excluding carboxylic acids is 1. The summed E-state index contributed by atoms with van der Waals surface area (Å²) in [6.45, 7) is 0.673. The minimum absolute atomic E-state index is 0.0247. The molecule has 1 heterocycles. The molecular weight excluding hydrogens is 354 g/mol. The van der Waals surface area contributed by atoms with Crippen molar-refractivity contribution in [1.29, 1.82) is 0 Å². The zero-order chi connectivity index (χ0) is 18.5. The molecule has 0 bridgehead atoms. The van der Waals surface area contributed by atoms with Gasteiger partial charge in [-0.25, -0.2) is 0 Å². The molecular formula is C20H22ClNO4. The van der Waals surface area contributed by atoms with Crippen LogP contribution in [-0.4, -0.2) is 38.2 Å². The highest BCUT2D eigenvalue weighted by Gasteiger charge is 2.32. The van der Waals surface area contributed by atoms with Crippen molar-refractivity contribution in [3.05, 3.63) is 53.1 Å². The predicted octanol–water partition coefficient (Wildman–Crippen LogP) is 4.10. The first kappa shape index (κ1) is 18.4. The molecule has 0 aromatic heterocycles. The Morgan fingerprint density at radius 1 is 1.15 bits per heavy atom. The van der Waals surface area contributed by atoms with E-state index in [0.29, 0.717) is 17.3 Å². The largest absolute Gasteiger partial charge is 0.497 e. The summed E-state index contributed by atoms with van der Waals surface area (Å²) < 4.78 is 16.4. The maximum atomic E-state index is 12.7. The number of hydrogen-bond donors (Lipinski definition) is 0. The molecule has 1 fully saturated rings. The Morgan fingerprint density at radius 3 is 2.73 bits per heavy atom. The van der Waals surface area contributed by atoms with Gasteiger partial charge in [-0.15, -0.1) is 0 Å². The van der Waals surface area contributed by atoms with Crippen LogP contribution in [0.2, 0.25) is 5.02 Å². The van der Waals surface area contributed by atoms with Crippen molar-refractivity contribution in [2.75, 3.05) is 27.4 Å². The highest BCUT2D eigenvalue weighted by Crippen LogP contribution is 2.39. The fraction of sp³-hybridized carbons (Fsp3) is 0.350. The Kier molecular flexibility index (Phi) is 5.89. The van der Waals surface area contributed by atoms with Gasteiger partial charge in [-0.3, -0.25) is 4.79 Å². The van der Waals surface area contributed by atoms with Crippen molar-refractivity contribution in [2.45, 2.75) is 18.9 Å². The normalized spacial score (nSPS) is 16.4.